The summed E-state index contributed by atoms with van der Waals surface area (Å²) in [7, 11) is 0. The van der Waals surface area contributed by atoms with E-state index in [1.807, 2.05) is 19.1 Å². The van der Waals surface area contributed by atoms with Crippen molar-refractivity contribution in [3.63, 3.8) is 0 Å². The zero-order chi connectivity index (χ0) is 18.4. The van der Waals surface area contributed by atoms with Gasteiger partial charge in [-0.25, -0.2) is 4.39 Å². The van der Waals surface area contributed by atoms with E-state index in [0.717, 1.165) is 17.5 Å². The number of hydrogen-bond donors (Lipinski definition) is 1. The molecule has 0 bridgehead atoms. The minimum absolute atomic E-state index is 0.197. The molecule has 0 radical (unpaired) electrons. The molecule has 1 aromatic carbocycles. The van der Waals surface area contributed by atoms with Crippen LogP contribution in [0.5, 0.6) is 17.2 Å². The summed E-state index contributed by atoms with van der Waals surface area (Å²) >= 11 is 0. The standard InChI is InChI=1S/C19H17FN4O2/c1-2-17-19(26-16-9-13(11-21)8-14(20)10-16)18(24-23-17)5-7-25-15-4-3-6-22-12-15/h3-4,6,8-10,12H,2,5,7H2,1H3,(H,23,24). The summed E-state index contributed by atoms with van der Waals surface area (Å²) < 4.78 is 25.1. The number of halogens is 1. The molecular formula is C19H17FN4O2. The number of pyridine rings is 1. The Morgan fingerprint density at radius 3 is 2.88 bits per heavy atom. The average Bonchev–Trinajstić information content (AvgIpc) is 3.04. The van der Waals surface area contributed by atoms with Crippen LogP contribution in [0.4, 0.5) is 4.39 Å². The number of H-pyrrole nitrogens is 1. The Kier molecular flexibility index (Phi) is 5.44. The van der Waals surface area contributed by atoms with Crippen molar-refractivity contribution in [2.45, 2.75) is 19.8 Å². The molecule has 1 N–H and O–H groups in total. The first-order chi connectivity index (χ1) is 12.7. The average molecular weight is 352 g/mol. The van der Waals surface area contributed by atoms with Crippen LogP contribution in [0.2, 0.25) is 0 Å². The number of benzene rings is 1. The molecule has 0 saturated heterocycles. The van der Waals surface area contributed by atoms with E-state index in [1.165, 1.54) is 12.1 Å². The molecule has 3 aromatic rings. The van der Waals surface area contributed by atoms with Crippen LogP contribution in [0.3, 0.4) is 0 Å². The van der Waals surface area contributed by atoms with Crippen LogP contribution in [0.25, 0.3) is 0 Å². The molecular weight excluding hydrogens is 335 g/mol. The minimum Gasteiger partial charge on any atom is -0.492 e. The Hall–Kier alpha value is -3.40. The quantitative estimate of drug-likeness (QED) is 0.699. The first-order valence-electron chi connectivity index (χ1n) is 8.17. The van der Waals surface area contributed by atoms with Crippen LogP contribution in [-0.4, -0.2) is 21.8 Å². The lowest BCUT2D eigenvalue weighted by Crippen LogP contribution is -2.03. The zero-order valence-corrected chi connectivity index (χ0v) is 14.2. The first kappa shape index (κ1) is 17.4. The largest absolute Gasteiger partial charge is 0.492 e. The van der Waals surface area contributed by atoms with Crippen molar-refractivity contribution in [1.82, 2.24) is 15.2 Å². The van der Waals surface area contributed by atoms with Gasteiger partial charge in [-0.2, -0.15) is 10.4 Å². The predicted molar refractivity (Wildman–Crippen MR) is 92.6 cm³/mol. The number of nitrogens with one attached hydrogen (secondary N) is 1. The maximum Gasteiger partial charge on any atom is 0.171 e. The van der Waals surface area contributed by atoms with Crippen LogP contribution in [0.1, 0.15) is 23.9 Å². The topological polar surface area (TPSA) is 83.8 Å². The SMILES string of the molecule is CCc1n[nH]c(CCOc2cccnc2)c1Oc1cc(F)cc(C#N)c1. The molecule has 6 nitrogen and oxygen atoms in total. The lowest BCUT2D eigenvalue weighted by Gasteiger charge is -2.09. The number of aryl methyl sites for hydroxylation is 1. The Bertz CT molecular complexity index is 919. The van der Waals surface area contributed by atoms with Crippen molar-refractivity contribution >= 4 is 0 Å². The highest BCUT2D eigenvalue weighted by Crippen LogP contribution is 2.29. The fourth-order valence-corrected chi connectivity index (χ4v) is 2.45. The maximum absolute atomic E-state index is 13.6. The third kappa shape index (κ3) is 4.16. The Balaban J connectivity index is 1.75. The van der Waals surface area contributed by atoms with E-state index in [1.54, 1.807) is 18.5 Å². The van der Waals surface area contributed by atoms with Crippen molar-refractivity contribution in [1.29, 1.82) is 5.26 Å². The predicted octanol–water partition coefficient (Wildman–Crippen LogP) is 3.79. The molecule has 0 aliphatic carbocycles. The number of ether oxygens (including phenoxy) is 2. The highest BCUT2D eigenvalue weighted by atomic mass is 19.1. The molecule has 7 heteroatoms. The molecule has 0 fully saturated rings. The Morgan fingerprint density at radius 1 is 1.27 bits per heavy atom. The zero-order valence-electron chi connectivity index (χ0n) is 14.2. The smallest absolute Gasteiger partial charge is 0.171 e. The number of nitriles is 1. The van der Waals surface area contributed by atoms with Gasteiger partial charge < -0.3 is 9.47 Å². The Morgan fingerprint density at radius 2 is 2.15 bits per heavy atom. The Labute approximate surface area is 150 Å². The molecule has 26 heavy (non-hydrogen) atoms. The van der Waals surface area contributed by atoms with Gasteiger partial charge in [0.25, 0.3) is 0 Å². The van der Waals surface area contributed by atoms with Gasteiger partial charge in [0.05, 0.1) is 30.1 Å². The molecule has 0 aliphatic rings. The van der Waals surface area contributed by atoms with Crippen molar-refractivity contribution in [2.24, 2.45) is 0 Å². The second-order valence-electron chi connectivity index (χ2n) is 5.51. The molecule has 0 aliphatic heterocycles. The van der Waals surface area contributed by atoms with Gasteiger partial charge in [-0.05, 0) is 30.7 Å². The van der Waals surface area contributed by atoms with Crippen LogP contribution >= 0.6 is 0 Å². The number of aromatic nitrogens is 3. The summed E-state index contributed by atoms with van der Waals surface area (Å²) in [6.07, 6.45) is 4.49. The second-order valence-corrected chi connectivity index (χ2v) is 5.51. The molecule has 0 saturated carbocycles. The van der Waals surface area contributed by atoms with Crippen molar-refractivity contribution < 1.29 is 13.9 Å². The van der Waals surface area contributed by atoms with Crippen LogP contribution in [0, 0.1) is 17.1 Å². The van der Waals surface area contributed by atoms with E-state index < -0.39 is 5.82 Å². The monoisotopic (exact) mass is 352 g/mol. The molecule has 2 aromatic heterocycles. The van der Waals surface area contributed by atoms with Gasteiger partial charge in [-0.3, -0.25) is 10.1 Å². The summed E-state index contributed by atoms with van der Waals surface area (Å²) in [5.41, 5.74) is 1.67. The van der Waals surface area contributed by atoms with Gasteiger partial charge in [-0.1, -0.05) is 6.92 Å². The normalized spacial score (nSPS) is 10.3. The lowest BCUT2D eigenvalue weighted by atomic mass is 10.2. The van der Waals surface area contributed by atoms with E-state index >= 15 is 0 Å². The lowest BCUT2D eigenvalue weighted by molar-refractivity contribution is 0.317. The molecule has 3 rings (SSSR count). The fraction of sp³-hybridized carbons (Fsp3) is 0.211. The molecule has 0 atom stereocenters. The number of hydrogen-bond acceptors (Lipinski definition) is 5. The number of aromatic amines is 1. The van der Waals surface area contributed by atoms with Crippen LogP contribution in [0.15, 0.2) is 42.7 Å². The minimum atomic E-state index is -0.526. The maximum atomic E-state index is 13.6. The third-order valence-electron chi connectivity index (χ3n) is 3.67. The van der Waals surface area contributed by atoms with Gasteiger partial charge in [0.1, 0.15) is 23.0 Å². The highest BCUT2D eigenvalue weighted by Gasteiger charge is 2.15. The summed E-state index contributed by atoms with van der Waals surface area (Å²) in [4.78, 5) is 3.99. The summed E-state index contributed by atoms with van der Waals surface area (Å²) in [6, 6.07) is 9.43. The molecule has 0 unspecified atom stereocenters. The number of rotatable bonds is 7. The molecule has 0 spiro atoms. The van der Waals surface area contributed by atoms with E-state index in [9.17, 15) is 4.39 Å². The van der Waals surface area contributed by atoms with Gasteiger partial charge in [0.15, 0.2) is 5.75 Å². The van der Waals surface area contributed by atoms with E-state index in [4.69, 9.17) is 14.7 Å². The molecule has 2 heterocycles. The van der Waals surface area contributed by atoms with Gasteiger partial charge in [-0.15, -0.1) is 0 Å². The van der Waals surface area contributed by atoms with Gasteiger partial charge >= 0.3 is 0 Å². The van der Waals surface area contributed by atoms with Crippen molar-refractivity contribution in [3.8, 4) is 23.3 Å². The van der Waals surface area contributed by atoms with Gasteiger partial charge in [0.2, 0.25) is 0 Å². The second kappa shape index (κ2) is 8.12. The van der Waals surface area contributed by atoms with E-state index in [-0.39, 0.29) is 11.3 Å². The summed E-state index contributed by atoms with van der Waals surface area (Å²) in [5, 5.41) is 16.2. The fourth-order valence-electron chi connectivity index (χ4n) is 2.45. The van der Waals surface area contributed by atoms with E-state index in [0.29, 0.717) is 30.9 Å². The van der Waals surface area contributed by atoms with Crippen molar-refractivity contribution in [3.05, 3.63) is 65.5 Å². The first-order valence-corrected chi connectivity index (χ1v) is 8.17. The third-order valence-corrected chi connectivity index (χ3v) is 3.67. The number of nitrogens with zero attached hydrogens (tertiary/aromatic N) is 3. The highest BCUT2D eigenvalue weighted by molar-refractivity contribution is 5.42. The summed E-state index contributed by atoms with van der Waals surface area (Å²) in [6.45, 7) is 2.35. The van der Waals surface area contributed by atoms with Crippen LogP contribution in [-0.2, 0) is 12.8 Å². The molecule has 132 valence electrons. The van der Waals surface area contributed by atoms with E-state index in [2.05, 4.69) is 15.2 Å². The van der Waals surface area contributed by atoms with Crippen molar-refractivity contribution in [2.75, 3.05) is 6.61 Å². The van der Waals surface area contributed by atoms with Crippen LogP contribution < -0.4 is 9.47 Å². The van der Waals surface area contributed by atoms with Gasteiger partial charge in [0, 0.05) is 18.7 Å². The molecule has 0 amide bonds. The summed E-state index contributed by atoms with van der Waals surface area (Å²) in [5.74, 6) is 0.944.